The molecule has 1 aromatic heterocycles. The lowest BCUT2D eigenvalue weighted by molar-refractivity contribution is -0.119. The molecule has 2 aromatic carbocycles. The number of hydrogen-bond acceptors (Lipinski definition) is 5. The van der Waals surface area contributed by atoms with Crippen molar-refractivity contribution < 1.29 is 32.2 Å². The number of hydrogen-bond donors (Lipinski definition) is 1. The number of carbonyl (C=O) groups excluding carboxylic acids is 2. The molecule has 0 saturated heterocycles. The summed E-state index contributed by atoms with van der Waals surface area (Å²) in [7, 11) is 1.34. The highest BCUT2D eigenvalue weighted by Gasteiger charge is 2.21. The molecule has 0 aliphatic carbocycles. The van der Waals surface area contributed by atoms with E-state index < -0.39 is 41.6 Å². The third kappa shape index (κ3) is 4.37. The quantitative estimate of drug-likeness (QED) is 0.504. The van der Waals surface area contributed by atoms with Gasteiger partial charge in [-0.1, -0.05) is 18.2 Å². The number of amides is 1. The second kappa shape index (κ2) is 8.46. The summed E-state index contributed by atoms with van der Waals surface area (Å²) in [4.78, 5) is 24.1. The van der Waals surface area contributed by atoms with Crippen LogP contribution in [0, 0.1) is 17.5 Å². The number of rotatable bonds is 6. The van der Waals surface area contributed by atoms with Crippen molar-refractivity contribution in [2.75, 3.05) is 19.0 Å². The van der Waals surface area contributed by atoms with Crippen molar-refractivity contribution in [3.63, 3.8) is 0 Å². The molecule has 0 aliphatic heterocycles. The molecular formula is C19H14F3N3O4. The number of esters is 1. The Balaban J connectivity index is 1.67. The van der Waals surface area contributed by atoms with Crippen molar-refractivity contribution in [2.45, 2.75) is 0 Å². The summed E-state index contributed by atoms with van der Waals surface area (Å²) in [6.07, 6.45) is 1.46. The molecule has 0 fully saturated rings. The number of benzene rings is 2. The largest absolute Gasteiger partial charge is 0.493 e. The van der Waals surface area contributed by atoms with Crippen LogP contribution in [0.5, 0.6) is 5.75 Å². The average Bonchev–Trinajstić information content (AvgIpc) is 3.18. The van der Waals surface area contributed by atoms with Crippen LogP contribution in [0.25, 0.3) is 5.69 Å². The van der Waals surface area contributed by atoms with E-state index in [1.54, 1.807) is 24.3 Å². The third-order valence-electron chi connectivity index (χ3n) is 3.76. The highest BCUT2D eigenvalue weighted by atomic mass is 19.2. The summed E-state index contributed by atoms with van der Waals surface area (Å²) in [5, 5.41) is 6.07. The minimum atomic E-state index is -1.73. The average molecular weight is 405 g/mol. The number of nitrogens with zero attached hydrogens (tertiary/aromatic N) is 2. The minimum absolute atomic E-state index is 0.117. The Morgan fingerprint density at radius 1 is 1.07 bits per heavy atom. The molecular weight excluding hydrogens is 391 g/mol. The maximum atomic E-state index is 13.6. The summed E-state index contributed by atoms with van der Waals surface area (Å²) in [5.74, 6) is -6.48. The highest BCUT2D eigenvalue weighted by molar-refractivity contribution is 5.95. The molecule has 0 atom stereocenters. The molecule has 0 unspecified atom stereocenters. The zero-order valence-corrected chi connectivity index (χ0v) is 15.0. The van der Waals surface area contributed by atoms with Crippen molar-refractivity contribution in [3.8, 4) is 11.4 Å². The first-order valence-corrected chi connectivity index (χ1v) is 8.20. The van der Waals surface area contributed by atoms with Crippen LogP contribution < -0.4 is 10.1 Å². The Kier molecular flexibility index (Phi) is 5.82. The Hall–Kier alpha value is -3.82. The first-order chi connectivity index (χ1) is 13.9. The second-order valence-electron chi connectivity index (χ2n) is 5.67. The van der Waals surface area contributed by atoms with Crippen molar-refractivity contribution in [3.05, 3.63) is 71.8 Å². The fourth-order valence-electron chi connectivity index (χ4n) is 2.37. The van der Waals surface area contributed by atoms with E-state index in [1.165, 1.54) is 18.0 Å². The fourth-order valence-corrected chi connectivity index (χ4v) is 2.37. The van der Waals surface area contributed by atoms with E-state index in [2.05, 4.69) is 5.10 Å². The lowest BCUT2D eigenvalue weighted by atomic mass is 10.3. The molecule has 10 heteroatoms. The van der Waals surface area contributed by atoms with Crippen molar-refractivity contribution in [2.24, 2.45) is 0 Å². The molecule has 1 N–H and O–H groups in total. The zero-order chi connectivity index (χ0) is 21.0. The van der Waals surface area contributed by atoms with Gasteiger partial charge in [0.1, 0.15) is 0 Å². The van der Waals surface area contributed by atoms with Crippen LogP contribution in [0.4, 0.5) is 18.9 Å². The maximum Gasteiger partial charge on any atom is 0.363 e. The predicted octanol–water partition coefficient (Wildman–Crippen LogP) is 3.09. The van der Waals surface area contributed by atoms with E-state index >= 15 is 0 Å². The molecule has 0 aliphatic rings. The van der Waals surface area contributed by atoms with Crippen LogP contribution >= 0.6 is 0 Å². The summed E-state index contributed by atoms with van der Waals surface area (Å²) < 4.78 is 51.0. The SMILES string of the molecule is COc1cn(-c2ccccc2)nc1C(=O)OCC(=O)Nc1ccc(F)c(F)c1F. The summed E-state index contributed by atoms with van der Waals surface area (Å²) in [5.41, 5.74) is -0.101. The molecule has 29 heavy (non-hydrogen) atoms. The van der Waals surface area contributed by atoms with Gasteiger partial charge in [-0.15, -0.1) is 0 Å². The van der Waals surface area contributed by atoms with Gasteiger partial charge in [-0.3, -0.25) is 4.79 Å². The van der Waals surface area contributed by atoms with Gasteiger partial charge >= 0.3 is 5.97 Å². The van der Waals surface area contributed by atoms with Crippen LogP contribution in [-0.2, 0) is 9.53 Å². The van der Waals surface area contributed by atoms with E-state index in [-0.39, 0.29) is 11.4 Å². The van der Waals surface area contributed by atoms with Crippen molar-refractivity contribution >= 4 is 17.6 Å². The first kappa shape index (κ1) is 19.9. The third-order valence-corrected chi connectivity index (χ3v) is 3.76. The maximum absolute atomic E-state index is 13.6. The molecule has 0 saturated carbocycles. The smallest absolute Gasteiger partial charge is 0.363 e. The number of halogens is 3. The van der Waals surface area contributed by atoms with Crippen LogP contribution in [-0.4, -0.2) is 35.4 Å². The van der Waals surface area contributed by atoms with Gasteiger partial charge in [0.15, 0.2) is 29.8 Å². The molecule has 150 valence electrons. The number of para-hydroxylation sites is 1. The predicted molar refractivity (Wildman–Crippen MR) is 95.3 cm³/mol. The molecule has 1 amide bonds. The van der Waals surface area contributed by atoms with Gasteiger partial charge < -0.3 is 14.8 Å². The van der Waals surface area contributed by atoms with Crippen LogP contribution in [0.15, 0.2) is 48.7 Å². The van der Waals surface area contributed by atoms with Gasteiger partial charge in [-0.25, -0.2) is 22.6 Å². The van der Waals surface area contributed by atoms with Gasteiger partial charge in [0.05, 0.1) is 24.7 Å². The topological polar surface area (TPSA) is 82.5 Å². The fraction of sp³-hybridized carbons (Fsp3) is 0.105. The number of methoxy groups -OCH3 is 1. The van der Waals surface area contributed by atoms with Gasteiger partial charge in [0.2, 0.25) is 5.69 Å². The van der Waals surface area contributed by atoms with Crippen LogP contribution in [0.3, 0.4) is 0 Å². The van der Waals surface area contributed by atoms with Gasteiger partial charge in [-0.05, 0) is 24.3 Å². The first-order valence-electron chi connectivity index (χ1n) is 8.20. The monoisotopic (exact) mass is 405 g/mol. The lowest BCUT2D eigenvalue weighted by Crippen LogP contribution is -2.22. The van der Waals surface area contributed by atoms with Crippen LogP contribution in [0.2, 0.25) is 0 Å². The summed E-state index contributed by atoms with van der Waals surface area (Å²) in [6.45, 7) is -0.807. The van der Waals surface area contributed by atoms with Crippen molar-refractivity contribution in [1.29, 1.82) is 0 Å². The minimum Gasteiger partial charge on any atom is -0.493 e. The number of nitrogens with one attached hydrogen (secondary N) is 1. The molecule has 0 radical (unpaired) electrons. The molecule has 7 nitrogen and oxygen atoms in total. The molecule has 0 bridgehead atoms. The Bertz CT molecular complexity index is 1050. The standard InChI is InChI=1S/C19H14F3N3O4/c1-28-14-9-25(11-5-3-2-4-6-11)24-18(14)19(27)29-10-15(26)23-13-8-7-12(20)16(21)17(13)22/h2-9H,10H2,1H3,(H,23,26). The number of aromatic nitrogens is 2. The Morgan fingerprint density at radius 2 is 1.79 bits per heavy atom. The Labute approximate surface area is 162 Å². The Morgan fingerprint density at radius 3 is 2.48 bits per heavy atom. The molecule has 0 spiro atoms. The molecule has 3 rings (SSSR count). The van der Waals surface area contributed by atoms with E-state index in [4.69, 9.17) is 9.47 Å². The lowest BCUT2D eigenvalue weighted by Gasteiger charge is -2.08. The summed E-state index contributed by atoms with van der Waals surface area (Å²) in [6, 6.07) is 10.4. The molecule has 3 aromatic rings. The number of carbonyl (C=O) groups is 2. The number of ether oxygens (including phenoxy) is 2. The van der Waals surface area contributed by atoms with Gasteiger partial charge in [0, 0.05) is 0 Å². The van der Waals surface area contributed by atoms with Crippen molar-refractivity contribution in [1.82, 2.24) is 9.78 Å². The van der Waals surface area contributed by atoms with Gasteiger partial charge in [0.25, 0.3) is 5.91 Å². The van der Waals surface area contributed by atoms with Gasteiger partial charge in [-0.2, -0.15) is 5.10 Å². The second-order valence-corrected chi connectivity index (χ2v) is 5.67. The highest BCUT2D eigenvalue weighted by Crippen LogP contribution is 2.21. The normalized spacial score (nSPS) is 10.5. The van der Waals surface area contributed by atoms with Crippen LogP contribution in [0.1, 0.15) is 10.5 Å². The zero-order valence-electron chi connectivity index (χ0n) is 15.0. The van der Waals surface area contributed by atoms with E-state index in [9.17, 15) is 22.8 Å². The summed E-state index contributed by atoms with van der Waals surface area (Å²) >= 11 is 0. The number of anilines is 1. The van der Waals surface area contributed by atoms with E-state index in [0.717, 1.165) is 6.07 Å². The van der Waals surface area contributed by atoms with E-state index in [1.807, 2.05) is 11.4 Å². The molecule has 1 heterocycles. The van der Waals surface area contributed by atoms with E-state index in [0.29, 0.717) is 11.8 Å².